The minimum atomic E-state index is -0.0698. The zero-order valence-corrected chi connectivity index (χ0v) is 16.2. The van der Waals surface area contributed by atoms with Crippen molar-refractivity contribution >= 4 is 11.8 Å². The quantitative estimate of drug-likeness (QED) is 0.604. The Morgan fingerprint density at radius 2 is 1.29 bits per heavy atom. The summed E-state index contributed by atoms with van der Waals surface area (Å²) in [6, 6.07) is 0.234. The lowest BCUT2D eigenvalue weighted by Gasteiger charge is -2.33. The summed E-state index contributed by atoms with van der Waals surface area (Å²) in [5.41, 5.74) is 0. The molecule has 140 valence electrons. The van der Waals surface area contributed by atoms with E-state index in [0.29, 0.717) is 18.3 Å². The predicted molar refractivity (Wildman–Crippen MR) is 98.6 cm³/mol. The van der Waals surface area contributed by atoms with Crippen molar-refractivity contribution in [3.63, 3.8) is 0 Å². The molecule has 24 heavy (non-hydrogen) atoms. The first-order valence-corrected chi connectivity index (χ1v) is 9.63. The van der Waals surface area contributed by atoms with Crippen molar-refractivity contribution in [2.24, 2.45) is 23.7 Å². The maximum atomic E-state index is 12.5. The van der Waals surface area contributed by atoms with E-state index in [1.165, 1.54) is 0 Å². The van der Waals surface area contributed by atoms with Crippen LogP contribution in [0.25, 0.3) is 0 Å². The SMILES string of the molecule is CCC(C)CNC(=O)C1CC(NC)CC(C(=O)NCC(C)CC)C1. The van der Waals surface area contributed by atoms with Crippen molar-refractivity contribution in [3.05, 3.63) is 0 Å². The van der Waals surface area contributed by atoms with Crippen molar-refractivity contribution in [1.29, 1.82) is 0 Å². The molecule has 1 rings (SSSR count). The van der Waals surface area contributed by atoms with Gasteiger partial charge in [0.05, 0.1) is 0 Å². The van der Waals surface area contributed by atoms with Crippen LogP contribution < -0.4 is 16.0 Å². The largest absolute Gasteiger partial charge is 0.356 e. The van der Waals surface area contributed by atoms with Crippen LogP contribution in [0, 0.1) is 23.7 Å². The minimum Gasteiger partial charge on any atom is -0.356 e. The minimum absolute atomic E-state index is 0.0698. The first-order chi connectivity index (χ1) is 11.4. The third-order valence-corrected chi connectivity index (χ3v) is 5.50. The van der Waals surface area contributed by atoms with Crippen LogP contribution in [0.15, 0.2) is 0 Å². The summed E-state index contributed by atoms with van der Waals surface area (Å²) >= 11 is 0. The molecular formula is C19H37N3O2. The summed E-state index contributed by atoms with van der Waals surface area (Å²) in [6.07, 6.45) is 4.42. The molecule has 1 aliphatic carbocycles. The Morgan fingerprint density at radius 1 is 0.875 bits per heavy atom. The zero-order valence-electron chi connectivity index (χ0n) is 16.2. The fourth-order valence-corrected chi connectivity index (χ4v) is 3.11. The molecule has 0 aromatic rings. The second-order valence-electron chi connectivity index (χ2n) is 7.60. The lowest BCUT2D eigenvalue weighted by molar-refractivity contribution is -0.131. The molecule has 0 spiro atoms. The predicted octanol–water partition coefficient (Wildman–Crippen LogP) is 2.32. The molecule has 0 radical (unpaired) electrons. The number of carbonyl (C=O) groups excluding carboxylic acids is 2. The molecular weight excluding hydrogens is 302 g/mol. The monoisotopic (exact) mass is 339 g/mol. The molecule has 4 unspecified atom stereocenters. The van der Waals surface area contributed by atoms with Gasteiger partial charge in [-0.05, 0) is 38.1 Å². The van der Waals surface area contributed by atoms with Gasteiger partial charge in [-0.15, -0.1) is 0 Å². The highest BCUT2D eigenvalue weighted by atomic mass is 16.2. The Morgan fingerprint density at radius 3 is 1.62 bits per heavy atom. The van der Waals surface area contributed by atoms with Crippen LogP contribution >= 0.6 is 0 Å². The second-order valence-corrected chi connectivity index (χ2v) is 7.60. The van der Waals surface area contributed by atoms with E-state index in [2.05, 4.69) is 43.6 Å². The summed E-state index contributed by atoms with van der Waals surface area (Å²) in [5, 5.41) is 9.40. The lowest BCUT2D eigenvalue weighted by atomic mass is 9.77. The summed E-state index contributed by atoms with van der Waals surface area (Å²) in [7, 11) is 1.91. The van der Waals surface area contributed by atoms with Gasteiger partial charge in [0, 0.05) is 31.0 Å². The average Bonchev–Trinajstić information content (AvgIpc) is 2.62. The van der Waals surface area contributed by atoms with Gasteiger partial charge in [0.2, 0.25) is 11.8 Å². The van der Waals surface area contributed by atoms with Crippen LogP contribution in [0.3, 0.4) is 0 Å². The van der Waals surface area contributed by atoms with Crippen LogP contribution in [0.1, 0.15) is 59.8 Å². The van der Waals surface area contributed by atoms with Gasteiger partial charge in [-0.1, -0.05) is 40.5 Å². The highest BCUT2D eigenvalue weighted by molar-refractivity contribution is 5.82. The van der Waals surface area contributed by atoms with Crippen LogP contribution in [0.5, 0.6) is 0 Å². The van der Waals surface area contributed by atoms with Gasteiger partial charge in [0.1, 0.15) is 0 Å². The standard InChI is InChI=1S/C19H37N3O2/c1-6-13(3)11-21-18(23)15-8-16(10-17(9-15)20-5)19(24)22-12-14(4)7-2/h13-17,20H,6-12H2,1-5H3,(H,21,23)(H,22,24). The molecule has 0 aliphatic heterocycles. The van der Waals surface area contributed by atoms with Gasteiger partial charge in [-0.25, -0.2) is 0 Å². The molecule has 1 saturated carbocycles. The van der Waals surface area contributed by atoms with Crippen molar-refractivity contribution in [2.75, 3.05) is 20.1 Å². The van der Waals surface area contributed by atoms with Crippen LogP contribution in [-0.2, 0) is 9.59 Å². The molecule has 0 aromatic heterocycles. The Bertz CT molecular complexity index is 366. The number of nitrogens with one attached hydrogen (secondary N) is 3. The number of rotatable bonds is 9. The summed E-state index contributed by atoms with van der Waals surface area (Å²) in [6.45, 7) is 9.99. The normalized spacial score (nSPS) is 26.5. The number of hydrogen-bond donors (Lipinski definition) is 3. The molecule has 0 saturated heterocycles. The van der Waals surface area contributed by atoms with E-state index in [9.17, 15) is 9.59 Å². The first kappa shape index (κ1) is 20.9. The van der Waals surface area contributed by atoms with Crippen molar-refractivity contribution < 1.29 is 9.59 Å². The average molecular weight is 340 g/mol. The van der Waals surface area contributed by atoms with Crippen molar-refractivity contribution in [2.45, 2.75) is 65.8 Å². The number of carbonyl (C=O) groups is 2. The number of hydrogen-bond acceptors (Lipinski definition) is 3. The highest BCUT2D eigenvalue weighted by Gasteiger charge is 2.35. The van der Waals surface area contributed by atoms with Crippen molar-refractivity contribution in [3.8, 4) is 0 Å². The smallest absolute Gasteiger partial charge is 0.223 e. The molecule has 1 fully saturated rings. The van der Waals surface area contributed by atoms with E-state index in [1.54, 1.807) is 0 Å². The Balaban J connectivity index is 2.58. The topological polar surface area (TPSA) is 70.2 Å². The van der Waals surface area contributed by atoms with Gasteiger partial charge in [0.25, 0.3) is 0 Å². The molecule has 4 atom stereocenters. The van der Waals surface area contributed by atoms with E-state index in [4.69, 9.17) is 0 Å². The summed E-state index contributed by atoms with van der Waals surface area (Å²) in [4.78, 5) is 25.0. The van der Waals surface area contributed by atoms with Gasteiger partial charge in [0.15, 0.2) is 0 Å². The third kappa shape index (κ3) is 6.80. The molecule has 0 bridgehead atoms. The fraction of sp³-hybridized carbons (Fsp3) is 0.895. The van der Waals surface area contributed by atoms with Crippen molar-refractivity contribution in [1.82, 2.24) is 16.0 Å². The van der Waals surface area contributed by atoms with Gasteiger partial charge in [-0.3, -0.25) is 9.59 Å². The summed E-state index contributed by atoms with van der Waals surface area (Å²) in [5.74, 6) is 1.06. The van der Waals surface area contributed by atoms with E-state index >= 15 is 0 Å². The Kier molecular flexibility index (Phi) is 9.34. The lowest BCUT2D eigenvalue weighted by Crippen LogP contribution is -2.46. The van der Waals surface area contributed by atoms with E-state index in [1.807, 2.05) is 7.05 Å². The molecule has 3 N–H and O–H groups in total. The molecule has 0 heterocycles. The first-order valence-electron chi connectivity index (χ1n) is 9.63. The second kappa shape index (κ2) is 10.7. The van der Waals surface area contributed by atoms with Gasteiger partial charge < -0.3 is 16.0 Å². The zero-order chi connectivity index (χ0) is 18.1. The van der Waals surface area contributed by atoms with E-state index < -0.39 is 0 Å². The Hall–Kier alpha value is -1.10. The van der Waals surface area contributed by atoms with Gasteiger partial charge in [-0.2, -0.15) is 0 Å². The molecule has 5 nitrogen and oxygen atoms in total. The van der Waals surface area contributed by atoms with Gasteiger partial charge >= 0.3 is 0 Å². The molecule has 5 heteroatoms. The molecule has 0 aromatic carbocycles. The maximum Gasteiger partial charge on any atom is 0.223 e. The molecule has 2 amide bonds. The van der Waals surface area contributed by atoms with E-state index in [-0.39, 0.29) is 29.7 Å². The van der Waals surface area contributed by atoms with E-state index in [0.717, 1.165) is 38.8 Å². The van der Waals surface area contributed by atoms with Crippen LogP contribution in [0.2, 0.25) is 0 Å². The summed E-state index contributed by atoms with van der Waals surface area (Å²) < 4.78 is 0. The fourth-order valence-electron chi connectivity index (χ4n) is 3.11. The highest BCUT2D eigenvalue weighted by Crippen LogP contribution is 2.30. The molecule has 1 aliphatic rings. The number of amides is 2. The maximum absolute atomic E-state index is 12.5. The Labute approximate surface area is 147 Å². The third-order valence-electron chi connectivity index (χ3n) is 5.50. The van der Waals surface area contributed by atoms with Crippen LogP contribution in [-0.4, -0.2) is 38.0 Å². The van der Waals surface area contributed by atoms with Crippen LogP contribution in [0.4, 0.5) is 0 Å².